The summed E-state index contributed by atoms with van der Waals surface area (Å²) >= 11 is 0. The fraction of sp³-hybridized carbons (Fsp3) is 0.786. The normalized spacial score (nSPS) is 18.2. The topological polar surface area (TPSA) is 76.0 Å². The number of hydrogen-bond donors (Lipinski definition) is 2. The Morgan fingerprint density at radius 3 is 2.76 bits per heavy atom. The number of aryl methyl sites for hydroxylation is 1. The highest BCUT2D eigenvalue weighted by Gasteiger charge is 2.33. The molecule has 2 rings (SSSR count). The molecule has 0 saturated heterocycles. The third-order valence-electron chi connectivity index (χ3n) is 4.00. The molecule has 120 valence electrons. The van der Waals surface area contributed by atoms with Gasteiger partial charge in [0.25, 0.3) is 0 Å². The van der Waals surface area contributed by atoms with E-state index in [2.05, 4.69) is 22.1 Å². The van der Waals surface area contributed by atoms with Crippen molar-refractivity contribution in [1.29, 1.82) is 0 Å². The molecule has 1 aromatic rings. The Morgan fingerprint density at radius 1 is 1.38 bits per heavy atom. The average Bonchev–Trinajstić information content (AvgIpc) is 3.04. The predicted octanol–water partition coefficient (Wildman–Crippen LogP) is 1.49. The van der Waals surface area contributed by atoms with Crippen LogP contribution in [0.1, 0.15) is 46.0 Å². The Bertz CT molecular complexity index is 547. The van der Waals surface area contributed by atoms with Crippen molar-refractivity contribution < 1.29 is 8.42 Å². The van der Waals surface area contributed by atoms with Gasteiger partial charge in [-0.05, 0) is 39.3 Å². The van der Waals surface area contributed by atoms with Gasteiger partial charge in [-0.25, -0.2) is 13.1 Å². The van der Waals surface area contributed by atoms with Crippen LogP contribution in [0.3, 0.4) is 0 Å². The molecule has 1 fully saturated rings. The lowest BCUT2D eigenvalue weighted by molar-refractivity contribution is 0.427. The van der Waals surface area contributed by atoms with Crippen molar-refractivity contribution in [1.82, 2.24) is 19.8 Å². The minimum atomic E-state index is -3.47. The quantitative estimate of drug-likeness (QED) is 0.713. The standard InChI is InChI=1S/C14H26N4O2S/c1-3-15-9-6-10-18-12-13(11-16-18)21(19,20)17-14(2)7-4-5-8-14/h11-12,15,17H,3-10H2,1-2H3. The van der Waals surface area contributed by atoms with E-state index in [1.54, 1.807) is 10.9 Å². The van der Waals surface area contributed by atoms with Gasteiger partial charge in [-0.2, -0.15) is 5.10 Å². The van der Waals surface area contributed by atoms with Crippen LogP contribution in [0.2, 0.25) is 0 Å². The third kappa shape index (κ3) is 4.52. The Kier molecular flexibility index (Phi) is 5.40. The zero-order valence-electron chi connectivity index (χ0n) is 12.9. The van der Waals surface area contributed by atoms with Gasteiger partial charge in [0, 0.05) is 18.3 Å². The van der Waals surface area contributed by atoms with Gasteiger partial charge in [0.2, 0.25) is 10.0 Å². The Morgan fingerprint density at radius 2 is 2.10 bits per heavy atom. The van der Waals surface area contributed by atoms with Crippen LogP contribution in [-0.2, 0) is 16.6 Å². The van der Waals surface area contributed by atoms with E-state index in [1.165, 1.54) is 6.20 Å². The van der Waals surface area contributed by atoms with Crippen molar-refractivity contribution in [3.05, 3.63) is 12.4 Å². The van der Waals surface area contributed by atoms with Crippen LogP contribution < -0.4 is 10.0 Å². The zero-order valence-corrected chi connectivity index (χ0v) is 13.7. The van der Waals surface area contributed by atoms with Gasteiger partial charge in [0.15, 0.2) is 0 Å². The summed E-state index contributed by atoms with van der Waals surface area (Å²) in [6.07, 6.45) is 7.97. The minimum Gasteiger partial charge on any atom is -0.317 e. The van der Waals surface area contributed by atoms with Crippen LogP contribution in [0.5, 0.6) is 0 Å². The largest absolute Gasteiger partial charge is 0.317 e. The maximum Gasteiger partial charge on any atom is 0.244 e. The summed E-state index contributed by atoms with van der Waals surface area (Å²) in [4.78, 5) is 0.263. The molecule has 0 amide bonds. The van der Waals surface area contributed by atoms with Gasteiger partial charge in [-0.3, -0.25) is 4.68 Å². The number of hydrogen-bond acceptors (Lipinski definition) is 4. The molecule has 0 atom stereocenters. The van der Waals surface area contributed by atoms with Crippen LogP contribution in [0, 0.1) is 0 Å². The maximum absolute atomic E-state index is 12.4. The Labute approximate surface area is 127 Å². The lowest BCUT2D eigenvalue weighted by Crippen LogP contribution is -2.43. The van der Waals surface area contributed by atoms with Crippen LogP contribution >= 0.6 is 0 Å². The summed E-state index contributed by atoms with van der Waals surface area (Å²) in [6, 6.07) is 0. The molecule has 0 spiro atoms. The van der Waals surface area contributed by atoms with Crippen LogP contribution in [-0.4, -0.2) is 36.8 Å². The van der Waals surface area contributed by atoms with Gasteiger partial charge in [-0.15, -0.1) is 0 Å². The van der Waals surface area contributed by atoms with Gasteiger partial charge in [-0.1, -0.05) is 19.8 Å². The molecule has 0 radical (unpaired) electrons. The van der Waals surface area contributed by atoms with Crippen LogP contribution in [0.25, 0.3) is 0 Å². The summed E-state index contributed by atoms with van der Waals surface area (Å²) < 4.78 is 29.4. The van der Waals surface area contributed by atoms with E-state index in [-0.39, 0.29) is 10.4 Å². The lowest BCUT2D eigenvalue weighted by Gasteiger charge is -2.24. The molecule has 1 aliphatic rings. The first-order chi connectivity index (χ1) is 9.95. The number of sulfonamides is 1. The molecular formula is C14H26N4O2S. The first-order valence-electron chi connectivity index (χ1n) is 7.72. The number of rotatable bonds is 8. The average molecular weight is 314 g/mol. The summed E-state index contributed by atoms with van der Waals surface area (Å²) in [5.74, 6) is 0. The first-order valence-corrected chi connectivity index (χ1v) is 9.21. The second kappa shape index (κ2) is 6.89. The molecule has 0 aromatic carbocycles. The molecule has 0 bridgehead atoms. The fourth-order valence-corrected chi connectivity index (χ4v) is 4.21. The third-order valence-corrected chi connectivity index (χ3v) is 5.59. The van der Waals surface area contributed by atoms with Crippen molar-refractivity contribution >= 4 is 10.0 Å². The molecule has 1 heterocycles. The summed E-state index contributed by atoms with van der Waals surface area (Å²) in [5, 5.41) is 7.38. The molecule has 1 aliphatic carbocycles. The summed E-state index contributed by atoms with van der Waals surface area (Å²) in [7, 11) is -3.47. The van der Waals surface area contributed by atoms with E-state index < -0.39 is 10.0 Å². The first kappa shape index (κ1) is 16.5. The van der Waals surface area contributed by atoms with Gasteiger partial charge in [0.1, 0.15) is 4.90 Å². The molecule has 7 heteroatoms. The Balaban J connectivity index is 1.95. The number of nitrogens with one attached hydrogen (secondary N) is 2. The van der Waals surface area contributed by atoms with Gasteiger partial charge in [0.05, 0.1) is 6.20 Å². The molecule has 6 nitrogen and oxygen atoms in total. The second-order valence-corrected chi connectivity index (χ2v) is 7.70. The van der Waals surface area contributed by atoms with Crippen molar-refractivity contribution in [2.24, 2.45) is 0 Å². The molecule has 1 aromatic heterocycles. The maximum atomic E-state index is 12.4. The monoisotopic (exact) mass is 314 g/mol. The number of nitrogens with zero attached hydrogens (tertiary/aromatic N) is 2. The molecule has 21 heavy (non-hydrogen) atoms. The number of aromatic nitrogens is 2. The van der Waals surface area contributed by atoms with E-state index in [1.807, 2.05) is 6.92 Å². The van der Waals surface area contributed by atoms with E-state index in [0.717, 1.165) is 51.7 Å². The molecule has 0 unspecified atom stereocenters. The van der Waals surface area contributed by atoms with Crippen LogP contribution in [0.4, 0.5) is 0 Å². The zero-order chi connectivity index (χ0) is 15.3. The molecule has 0 aliphatic heterocycles. The van der Waals surface area contributed by atoms with Gasteiger partial charge < -0.3 is 5.32 Å². The van der Waals surface area contributed by atoms with Crippen molar-refractivity contribution in [2.75, 3.05) is 13.1 Å². The highest BCUT2D eigenvalue weighted by atomic mass is 32.2. The van der Waals surface area contributed by atoms with Gasteiger partial charge >= 0.3 is 0 Å². The predicted molar refractivity (Wildman–Crippen MR) is 82.6 cm³/mol. The molecule has 2 N–H and O–H groups in total. The smallest absolute Gasteiger partial charge is 0.244 e. The summed E-state index contributed by atoms with van der Waals surface area (Å²) in [5.41, 5.74) is -0.300. The van der Waals surface area contributed by atoms with E-state index in [4.69, 9.17) is 0 Å². The molecule has 1 saturated carbocycles. The van der Waals surface area contributed by atoms with E-state index in [0.29, 0.717) is 0 Å². The van der Waals surface area contributed by atoms with Crippen molar-refractivity contribution in [3.8, 4) is 0 Å². The fourth-order valence-electron chi connectivity index (χ4n) is 2.79. The van der Waals surface area contributed by atoms with E-state index >= 15 is 0 Å². The Hall–Kier alpha value is -0.920. The molecular weight excluding hydrogens is 288 g/mol. The minimum absolute atomic E-state index is 0.263. The van der Waals surface area contributed by atoms with E-state index in [9.17, 15) is 8.42 Å². The highest BCUT2D eigenvalue weighted by molar-refractivity contribution is 7.89. The highest BCUT2D eigenvalue weighted by Crippen LogP contribution is 2.30. The van der Waals surface area contributed by atoms with Crippen molar-refractivity contribution in [2.45, 2.75) is 62.9 Å². The lowest BCUT2D eigenvalue weighted by atomic mass is 10.0. The van der Waals surface area contributed by atoms with Crippen LogP contribution in [0.15, 0.2) is 17.3 Å². The van der Waals surface area contributed by atoms with Crippen molar-refractivity contribution in [3.63, 3.8) is 0 Å². The summed E-state index contributed by atoms with van der Waals surface area (Å²) in [6.45, 7) is 6.63. The second-order valence-electron chi connectivity index (χ2n) is 6.02. The SMILES string of the molecule is CCNCCCn1cc(S(=O)(=O)NC2(C)CCCC2)cn1.